The van der Waals surface area contributed by atoms with Crippen LogP contribution in [0.5, 0.6) is 0 Å². The lowest BCUT2D eigenvalue weighted by Gasteiger charge is -2.25. The Morgan fingerprint density at radius 2 is 2.33 bits per heavy atom. The normalized spacial score (nSPS) is 21.2. The molecule has 0 bridgehead atoms. The summed E-state index contributed by atoms with van der Waals surface area (Å²) < 4.78 is 10.7. The first-order chi connectivity index (χ1) is 9.96. The van der Waals surface area contributed by atoms with E-state index in [0.717, 1.165) is 0 Å². The molecule has 0 aliphatic carbocycles. The van der Waals surface area contributed by atoms with E-state index in [9.17, 15) is 9.59 Å². The first-order valence-corrected chi connectivity index (χ1v) is 6.56. The molecule has 21 heavy (non-hydrogen) atoms. The van der Waals surface area contributed by atoms with Crippen molar-refractivity contribution >= 4 is 17.7 Å². The summed E-state index contributed by atoms with van der Waals surface area (Å²) in [6.45, 7) is 3.02. The molecule has 2 heterocycles. The molecular formula is C13H19N3O5. The molecule has 1 aliphatic rings. The number of H-pyrrole nitrogens is 1. The predicted molar refractivity (Wildman–Crippen MR) is 74.7 cm³/mol. The van der Waals surface area contributed by atoms with E-state index < -0.39 is 17.6 Å². The van der Waals surface area contributed by atoms with Crippen LogP contribution in [0.15, 0.2) is 6.07 Å². The van der Waals surface area contributed by atoms with Crippen molar-refractivity contribution in [3.8, 4) is 0 Å². The molecule has 2 rings (SSSR count). The third-order valence-corrected chi connectivity index (χ3v) is 3.49. The zero-order valence-electron chi connectivity index (χ0n) is 12.0. The standard InChI is InChI=1S/C13H19N3O5/c1-8-5-9(10(15-8)11(17)18)16-12(19)14-6-13(20-2)3-4-21-7-13/h5,15H,3-4,6-7H2,1-2H3,(H,17,18)(H2,14,16,19). The van der Waals surface area contributed by atoms with Gasteiger partial charge in [-0.15, -0.1) is 0 Å². The highest BCUT2D eigenvalue weighted by molar-refractivity contribution is 5.99. The number of methoxy groups -OCH3 is 1. The second kappa shape index (κ2) is 6.15. The van der Waals surface area contributed by atoms with Crippen LogP contribution in [0.3, 0.4) is 0 Å². The predicted octanol–water partition coefficient (Wildman–Crippen LogP) is 0.948. The molecule has 0 aromatic carbocycles. The molecule has 0 saturated carbocycles. The number of aromatic amines is 1. The van der Waals surface area contributed by atoms with Gasteiger partial charge in [-0.2, -0.15) is 0 Å². The number of nitrogens with one attached hydrogen (secondary N) is 3. The lowest BCUT2D eigenvalue weighted by atomic mass is 10.0. The SMILES string of the molecule is COC1(CNC(=O)Nc2cc(C)[nH]c2C(=O)O)CCOC1. The molecule has 1 atom stereocenters. The number of hydrogen-bond donors (Lipinski definition) is 4. The quantitative estimate of drug-likeness (QED) is 0.646. The fourth-order valence-corrected chi connectivity index (χ4v) is 2.23. The van der Waals surface area contributed by atoms with Crippen LogP contribution in [0.1, 0.15) is 22.6 Å². The zero-order valence-corrected chi connectivity index (χ0v) is 12.0. The number of amides is 2. The smallest absolute Gasteiger partial charge is 0.354 e. The number of aromatic carboxylic acids is 1. The van der Waals surface area contributed by atoms with Crippen LogP contribution in [0.25, 0.3) is 0 Å². The summed E-state index contributed by atoms with van der Waals surface area (Å²) in [6.07, 6.45) is 0.702. The third kappa shape index (κ3) is 3.53. The van der Waals surface area contributed by atoms with E-state index in [4.69, 9.17) is 14.6 Å². The van der Waals surface area contributed by atoms with Gasteiger partial charge in [0, 0.05) is 25.8 Å². The Labute approximate surface area is 121 Å². The molecule has 4 N–H and O–H groups in total. The number of carboxylic acids is 1. The van der Waals surface area contributed by atoms with Crippen LogP contribution in [0.2, 0.25) is 0 Å². The molecule has 2 amide bonds. The summed E-state index contributed by atoms with van der Waals surface area (Å²) >= 11 is 0. The van der Waals surface area contributed by atoms with Gasteiger partial charge in [0.05, 0.1) is 18.8 Å². The van der Waals surface area contributed by atoms with Crippen LogP contribution in [0.4, 0.5) is 10.5 Å². The minimum Gasteiger partial charge on any atom is -0.477 e. The molecule has 1 aromatic rings. The molecule has 1 aromatic heterocycles. The summed E-state index contributed by atoms with van der Waals surface area (Å²) in [5.41, 5.74) is 0.321. The zero-order chi connectivity index (χ0) is 15.5. The van der Waals surface area contributed by atoms with Gasteiger partial charge < -0.3 is 30.2 Å². The Balaban J connectivity index is 1.94. The largest absolute Gasteiger partial charge is 0.477 e. The van der Waals surface area contributed by atoms with Crippen molar-refractivity contribution < 1.29 is 24.2 Å². The summed E-state index contributed by atoms with van der Waals surface area (Å²) in [6, 6.07) is 1.08. The number of carbonyl (C=O) groups is 2. The van der Waals surface area contributed by atoms with E-state index in [2.05, 4.69) is 15.6 Å². The topological polar surface area (TPSA) is 113 Å². The van der Waals surface area contributed by atoms with Crippen molar-refractivity contribution in [3.05, 3.63) is 17.5 Å². The summed E-state index contributed by atoms with van der Waals surface area (Å²) in [5.74, 6) is -1.13. The van der Waals surface area contributed by atoms with Gasteiger partial charge in [0.25, 0.3) is 0 Å². The first-order valence-electron chi connectivity index (χ1n) is 6.56. The van der Waals surface area contributed by atoms with Crippen molar-refractivity contribution in [2.45, 2.75) is 18.9 Å². The van der Waals surface area contributed by atoms with Gasteiger partial charge in [-0.3, -0.25) is 0 Å². The van der Waals surface area contributed by atoms with Gasteiger partial charge in [0.15, 0.2) is 0 Å². The highest BCUT2D eigenvalue weighted by Gasteiger charge is 2.35. The van der Waals surface area contributed by atoms with Gasteiger partial charge in [-0.05, 0) is 13.0 Å². The number of urea groups is 1. The molecule has 0 spiro atoms. The number of ether oxygens (including phenoxy) is 2. The van der Waals surface area contributed by atoms with E-state index in [0.29, 0.717) is 31.9 Å². The van der Waals surface area contributed by atoms with Crippen LogP contribution in [0, 0.1) is 6.92 Å². The molecule has 1 unspecified atom stereocenters. The monoisotopic (exact) mass is 297 g/mol. The fraction of sp³-hybridized carbons (Fsp3) is 0.538. The highest BCUT2D eigenvalue weighted by atomic mass is 16.5. The number of carbonyl (C=O) groups excluding carboxylic acids is 1. The maximum atomic E-state index is 11.9. The van der Waals surface area contributed by atoms with Gasteiger partial charge >= 0.3 is 12.0 Å². The molecule has 0 radical (unpaired) electrons. The van der Waals surface area contributed by atoms with Crippen molar-refractivity contribution in [1.82, 2.24) is 10.3 Å². The van der Waals surface area contributed by atoms with Crippen molar-refractivity contribution in [3.63, 3.8) is 0 Å². The number of anilines is 1. The highest BCUT2D eigenvalue weighted by Crippen LogP contribution is 2.21. The molecule has 1 saturated heterocycles. The minimum absolute atomic E-state index is 0.0479. The lowest BCUT2D eigenvalue weighted by molar-refractivity contribution is -0.0135. The average Bonchev–Trinajstić information content (AvgIpc) is 3.04. The lowest BCUT2D eigenvalue weighted by Crippen LogP contribution is -2.46. The molecule has 8 heteroatoms. The average molecular weight is 297 g/mol. The first kappa shape index (κ1) is 15.3. The Kier molecular flexibility index (Phi) is 4.49. The van der Waals surface area contributed by atoms with Crippen molar-refractivity contribution in [1.29, 1.82) is 0 Å². The molecular weight excluding hydrogens is 278 g/mol. The van der Waals surface area contributed by atoms with E-state index in [1.807, 2.05) is 0 Å². The van der Waals surface area contributed by atoms with E-state index in [-0.39, 0.29) is 11.4 Å². The minimum atomic E-state index is -1.13. The molecule has 116 valence electrons. The van der Waals surface area contributed by atoms with Gasteiger partial charge in [0.1, 0.15) is 11.3 Å². The van der Waals surface area contributed by atoms with E-state index in [1.54, 1.807) is 20.1 Å². The van der Waals surface area contributed by atoms with Crippen LogP contribution in [-0.4, -0.2) is 54.6 Å². The maximum Gasteiger partial charge on any atom is 0.354 e. The van der Waals surface area contributed by atoms with Gasteiger partial charge in [-0.1, -0.05) is 0 Å². The van der Waals surface area contributed by atoms with Crippen LogP contribution in [-0.2, 0) is 9.47 Å². The van der Waals surface area contributed by atoms with Crippen LogP contribution >= 0.6 is 0 Å². The Morgan fingerprint density at radius 1 is 1.57 bits per heavy atom. The number of rotatable bonds is 5. The number of hydrogen-bond acceptors (Lipinski definition) is 4. The summed E-state index contributed by atoms with van der Waals surface area (Å²) in [7, 11) is 1.58. The Hall–Kier alpha value is -2.06. The van der Waals surface area contributed by atoms with Crippen molar-refractivity contribution in [2.24, 2.45) is 0 Å². The molecule has 8 nitrogen and oxygen atoms in total. The third-order valence-electron chi connectivity index (χ3n) is 3.49. The van der Waals surface area contributed by atoms with Gasteiger partial charge in [-0.25, -0.2) is 9.59 Å². The molecule has 1 fully saturated rings. The summed E-state index contributed by atoms with van der Waals surface area (Å²) in [5, 5.41) is 14.2. The second-order valence-corrected chi connectivity index (χ2v) is 5.04. The fourth-order valence-electron chi connectivity index (χ4n) is 2.23. The number of carboxylic acid groups (broad SMARTS) is 1. The molecule has 1 aliphatic heterocycles. The van der Waals surface area contributed by atoms with Gasteiger partial charge in [0.2, 0.25) is 0 Å². The van der Waals surface area contributed by atoms with Crippen molar-refractivity contribution in [2.75, 3.05) is 32.2 Å². The van der Waals surface area contributed by atoms with E-state index in [1.165, 1.54) is 0 Å². The number of aromatic nitrogens is 1. The number of aryl methyl sites for hydroxylation is 1. The Bertz CT molecular complexity index is 534. The second-order valence-electron chi connectivity index (χ2n) is 5.04. The van der Waals surface area contributed by atoms with Crippen LogP contribution < -0.4 is 10.6 Å². The van der Waals surface area contributed by atoms with E-state index >= 15 is 0 Å². The maximum absolute atomic E-state index is 11.9. The Morgan fingerprint density at radius 3 is 2.90 bits per heavy atom. The summed E-state index contributed by atoms with van der Waals surface area (Å²) in [4.78, 5) is 25.6.